The second-order valence-electron chi connectivity index (χ2n) is 4.27. The Morgan fingerprint density at radius 1 is 0.952 bits per heavy atom. The molecule has 5 heteroatoms. The Morgan fingerprint density at radius 3 is 2.24 bits per heavy atom. The summed E-state index contributed by atoms with van der Waals surface area (Å²) < 4.78 is 11.0. The van der Waals surface area contributed by atoms with Crippen molar-refractivity contribution in [2.75, 3.05) is 13.2 Å². The van der Waals surface area contributed by atoms with Crippen molar-refractivity contribution in [2.45, 2.75) is 6.61 Å². The molecule has 0 heterocycles. The summed E-state index contributed by atoms with van der Waals surface area (Å²) in [6.07, 6.45) is 0. The Bertz CT molecular complexity index is 609. The van der Waals surface area contributed by atoms with E-state index in [9.17, 15) is 4.79 Å². The number of aliphatic hydroxyl groups is 1. The molecule has 0 bridgehead atoms. The second-order valence-corrected chi connectivity index (χ2v) is 4.27. The van der Waals surface area contributed by atoms with E-state index < -0.39 is 5.97 Å². The molecule has 0 saturated heterocycles. The molecule has 0 amide bonds. The largest absolute Gasteiger partial charge is 0.487 e. The maximum atomic E-state index is 11.1. The zero-order valence-electron chi connectivity index (χ0n) is 11.4. The Hall–Kier alpha value is -2.53. The summed E-state index contributed by atoms with van der Waals surface area (Å²) in [6, 6.07) is 13.7. The van der Waals surface area contributed by atoms with Gasteiger partial charge >= 0.3 is 5.97 Å². The van der Waals surface area contributed by atoms with Crippen LogP contribution in [0.5, 0.6) is 11.5 Å². The van der Waals surface area contributed by atoms with Gasteiger partial charge in [-0.15, -0.1) is 0 Å². The van der Waals surface area contributed by atoms with Crippen LogP contribution in [-0.4, -0.2) is 29.4 Å². The third kappa shape index (κ3) is 3.97. The van der Waals surface area contributed by atoms with Crippen LogP contribution in [0.25, 0.3) is 0 Å². The minimum Gasteiger partial charge on any atom is -0.487 e. The van der Waals surface area contributed by atoms with E-state index in [4.69, 9.17) is 19.7 Å². The van der Waals surface area contributed by atoms with E-state index in [1.54, 1.807) is 42.5 Å². The van der Waals surface area contributed by atoms with E-state index in [2.05, 4.69) is 0 Å². The lowest BCUT2D eigenvalue weighted by atomic mass is 10.1. The molecule has 2 aromatic rings. The molecule has 0 unspecified atom stereocenters. The second kappa shape index (κ2) is 7.31. The van der Waals surface area contributed by atoms with Crippen LogP contribution in [0.1, 0.15) is 15.9 Å². The minimum atomic E-state index is -0.987. The summed E-state index contributed by atoms with van der Waals surface area (Å²) >= 11 is 0. The van der Waals surface area contributed by atoms with Crippen LogP contribution in [0.2, 0.25) is 0 Å². The van der Waals surface area contributed by atoms with E-state index in [1.165, 1.54) is 6.07 Å². The quantitative estimate of drug-likeness (QED) is 0.817. The SMILES string of the molecule is O=C(O)c1ccccc1COc1ccccc1OCCO. The van der Waals surface area contributed by atoms with Crippen molar-refractivity contribution in [3.63, 3.8) is 0 Å². The first-order valence-corrected chi connectivity index (χ1v) is 6.49. The van der Waals surface area contributed by atoms with Crippen molar-refractivity contribution < 1.29 is 24.5 Å². The molecular formula is C16H16O5. The number of aliphatic hydroxyl groups excluding tert-OH is 1. The van der Waals surface area contributed by atoms with Crippen molar-refractivity contribution in [1.82, 2.24) is 0 Å². The van der Waals surface area contributed by atoms with Crippen molar-refractivity contribution in [3.05, 3.63) is 59.7 Å². The highest BCUT2D eigenvalue weighted by Crippen LogP contribution is 2.27. The molecule has 0 aromatic heterocycles. The Balaban J connectivity index is 2.12. The molecule has 0 spiro atoms. The lowest BCUT2D eigenvalue weighted by Crippen LogP contribution is -2.07. The van der Waals surface area contributed by atoms with Gasteiger partial charge in [-0.2, -0.15) is 0 Å². The highest BCUT2D eigenvalue weighted by molar-refractivity contribution is 5.89. The van der Waals surface area contributed by atoms with Crippen LogP contribution in [0.4, 0.5) is 0 Å². The average molecular weight is 288 g/mol. The third-order valence-corrected chi connectivity index (χ3v) is 2.83. The fourth-order valence-corrected chi connectivity index (χ4v) is 1.85. The number of carbonyl (C=O) groups is 1. The molecule has 0 aliphatic carbocycles. The number of carboxylic acids is 1. The van der Waals surface area contributed by atoms with Crippen molar-refractivity contribution in [1.29, 1.82) is 0 Å². The van der Waals surface area contributed by atoms with Crippen LogP contribution < -0.4 is 9.47 Å². The normalized spacial score (nSPS) is 10.1. The zero-order valence-corrected chi connectivity index (χ0v) is 11.4. The van der Waals surface area contributed by atoms with Gasteiger partial charge in [-0.3, -0.25) is 0 Å². The molecule has 2 aromatic carbocycles. The highest BCUT2D eigenvalue weighted by Gasteiger charge is 2.10. The monoisotopic (exact) mass is 288 g/mol. The van der Waals surface area contributed by atoms with E-state index in [0.29, 0.717) is 17.1 Å². The Morgan fingerprint density at radius 2 is 1.57 bits per heavy atom. The number of para-hydroxylation sites is 2. The van der Waals surface area contributed by atoms with Crippen LogP contribution in [-0.2, 0) is 6.61 Å². The van der Waals surface area contributed by atoms with Gasteiger partial charge in [0, 0.05) is 5.56 Å². The lowest BCUT2D eigenvalue weighted by Gasteiger charge is -2.13. The maximum Gasteiger partial charge on any atom is 0.336 e. The van der Waals surface area contributed by atoms with E-state index in [0.717, 1.165) is 0 Å². The van der Waals surface area contributed by atoms with Crippen LogP contribution >= 0.6 is 0 Å². The first kappa shape index (κ1) is 14.9. The number of carboxylic acid groups (broad SMARTS) is 1. The van der Waals surface area contributed by atoms with Crippen LogP contribution in [0, 0.1) is 0 Å². The molecular weight excluding hydrogens is 272 g/mol. The maximum absolute atomic E-state index is 11.1. The molecule has 0 radical (unpaired) electrons. The molecule has 2 N–H and O–H groups in total. The van der Waals surface area contributed by atoms with E-state index >= 15 is 0 Å². The third-order valence-electron chi connectivity index (χ3n) is 2.83. The van der Waals surface area contributed by atoms with Gasteiger partial charge in [0.25, 0.3) is 0 Å². The summed E-state index contributed by atoms with van der Waals surface area (Å²) in [4.78, 5) is 11.1. The van der Waals surface area contributed by atoms with Gasteiger partial charge in [-0.25, -0.2) is 4.79 Å². The van der Waals surface area contributed by atoms with Crippen molar-refractivity contribution in [3.8, 4) is 11.5 Å². The summed E-state index contributed by atoms with van der Waals surface area (Å²) in [7, 11) is 0. The lowest BCUT2D eigenvalue weighted by molar-refractivity contribution is 0.0694. The topological polar surface area (TPSA) is 76.0 Å². The van der Waals surface area contributed by atoms with E-state index in [-0.39, 0.29) is 25.4 Å². The fraction of sp³-hybridized carbons (Fsp3) is 0.188. The molecule has 0 aliphatic heterocycles. The number of rotatable bonds is 7. The highest BCUT2D eigenvalue weighted by atomic mass is 16.5. The van der Waals surface area contributed by atoms with Gasteiger partial charge in [-0.05, 0) is 18.2 Å². The van der Waals surface area contributed by atoms with Crippen molar-refractivity contribution >= 4 is 5.97 Å². The summed E-state index contributed by atoms with van der Waals surface area (Å²) in [5.74, 6) is 0.0320. The standard InChI is InChI=1S/C16H16O5/c17-9-10-20-14-7-3-4-8-15(14)21-11-12-5-1-2-6-13(12)16(18)19/h1-8,17H,9-11H2,(H,18,19). The fourth-order valence-electron chi connectivity index (χ4n) is 1.85. The molecule has 21 heavy (non-hydrogen) atoms. The minimum absolute atomic E-state index is 0.0871. The summed E-state index contributed by atoms with van der Waals surface area (Å²) in [5.41, 5.74) is 0.799. The predicted molar refractivity (Wildman–Crippen MR) is 76.8 cm³/mol. The van der Waals surface area contributed by atoms with Crippen LogP contribution in [0.15, 0.2) is 48.5 Å². The number of hydrogen-bond donors (Lipinski definition) is 2. The molecule has 2 rings (SSSR count). The predicted octanol–water partition coefficient (Wildman–Crippen LogP) is 2.33. The van der Waals surface area contributed by atoms with Crippen LogP contribution in [0.3, 0.4) is 0 Å². The van der Waals surface area contributed by atoms with Gasteiger partial charge in [0.1, 0.15) is 13.2 Å². The number of ether oxygens (including phenoxy) is 2. The molecule has 0 saturated carbocycles. The average Bonchev–Trinajstić information content (AvgIpc) is 2.52. The first-order valence-electron chi connectivity index (χ1n) is 6.49. The van der Waals surface area contributed by atoms with E-state index in [1.807, 2.05) is 0 Å². The van der Waals surface area contributed by atoms with Gasteiger partial charge in [0.2, 0.25) is 0 Å². The first-order chi connectivity index (χ1) is 10.2. The van der Waals surface area contributed by atoms with Crippen molar-refractivity contribution in [2.24, 2.45) is 0 Å². The molecule has 0 aliphatic rings. The number of benzene rings is 2. The van der Waals surface area contributed by atoms with Gasteiger partial charge in [0.05, 0.1) is 12.2 Å². The number of aromatic carboxylic acids is 1. The Kier molecular flexibility index (Phi) is 5.17. The zero-order chi connectivity index (χ0) is 15.1. The molecule has 0 atom stereocenters. The van der Waals surface area contributed by atoms with Gasteiger partial charge in [0.15, 0.2) is 11.5 Å². The summed E-state index contributed by atoms with van der Waals surface area (Å²) in [6.45, 7) is 0.213. The molecule has 110 valence electrons. The molecule has 0 fully saturated rings. The summed E-state index contributed by atoms with van der Waals surface area (Å²) in [5, 5.41) is 17.9. The number of hydrogen-bond acceptors (Lipinski definition) is 4. The van der Waals surface area contributed by atoms with Gasteiger partial charge in [-0.1, -0.05) is 30.3 Å². The smallest absolute Gasteiger partial charge is 0.336 e. The van der Waals surface area contributed by atoms with Gasteiger partial charge < -0.3 is 19.7 Å². The molecule has 5 nitrogen and oxygen atoms in total. The Labute approximate surface area is 122 Å².